The van der Waals surface area contributed by atoms with Crippen LogP contribution in [-0.4, -0.2) is 52.8 Å². The molecule has 0 unspecified atom stereocenters. The van der Waals surface area contributed by atoms with Gasteiger partial charge in [0.2, 0.25) is 0 Å². The second kappa shape index (κ2) is 12.6. The van der Waals surface area contributed by atoms with Gasteiger partial charge in [-0.25, -0.2) is 23.8 Å². The SMILES string of the molecule is O=C(OC[C@H]1OC(c2nc3ccc(F)cc3[nH]2)=C[C@@H](OC(=O)c2ccccc2)[C@@H]1OC(=O)c1ccccc1)c1ccccc1. The van der Waals surface area contributed by atoms with Gasteiger partial charge in [0.25, 0.3) is 0 Å². The van der Waals surface area contributed by atoms with E-state index < -0.39 is 42.0 Å². The molecular formula is C34H25FN2O7. The van der Waals surface area contributed by atoms with E-state index in [1.807, 2.05) is 0 Å². The lowest BCUT2D eigenvalue weighted by Crippen LogP contribution is -2.49. The summed E-state index contributed by atoms with van der Waals surface area (Å²) in [6.45, 7) is -0.369. The fourth-order valence-electron chi connectivity index (χ4n) is 4.68. The quantitative estimate of drug-likeness (QED) is 0.179. The number of aromatic amines is 1. The van der Waals surface area contributed by atoms with Crippen LogP contribution in [0.5, 0.6) is 0 Å². The van der Waals surface area contributed by atoms with Gasteiger partial charge in [-0.3, -0.25) is 0 Å². The van der Waals surface area contributed by atoms with E-state index in [1.54, 1.807) is 91.0 Å². The van der Waals surface area contributed by atoms with E-state index in [9.17, 15) is 18.8 Å². The standard InChI is InChI=1S/C34H25FN2O7/c35-24-16-17-25-26(18-24)37-31(36-25)28-19-27(43-33(39)22-12-6-2-7-13-22)30(44-34(40)23-14-8-3-9-15-23)29(42-28)20-41-32(38)21-10-4-1-5-11-21/h1-19,27,29-30H,20H2,(H,36,37)/t27-,29-,30+/m1/s1. The van der Waals surface area contributed by atoms with Crippen molar-refractivity contribution in [1.82, 2.24) is 9.97 Å². The summed E-state index contributed by atoms with van der Waals surface area (Å²) < 4.78 is 37.4. The smallest absolute Gasteiger partial charge is 0.338 e. The molecule has 5 aromatic rings. The minimum atomic E-state index is -1.23. The number of fused-ring (bicyclic) bond motifs is 1. The number of ether oxygens (including phenoxy) is 4. The van der Waals surface area contributed by atoms with Crippen molar-refractivity contribution in [2.45, 2.75) is 18.3 Å². The number of rotatable bonds is 8. The Balaban J connectivity index is 1.37. The van der Waals surface area contributed by atoms with Gasteiger partial charge in [-0.05, 0) is 54.6 Å². The lowest BCUT2D eigenvalue weighted by Gasteiger charge is -2.35. The Morgan fingerprint density at radius 1 is 0.750 bits per heavy atom. The van der Waals surface area contributed by atoms with Crippen LogP contribution in [0.2, 0.25) is 0 Å². The average molecular weight is 593 g/mol. The Kier molecular flexibility index (Phi) is 8.13. The first-order valence-corrected chi connectivity index (χ1v) is 13.7. The predicted molar refractivity (Wildman–Crippen MR) is 157 cm³/mol. The normalized spacial score (nSPS) is 17.7. The average Bonchev–Trinajstić information content (AvgIpc) is 3.49. The monoisotopic (exact) mass is 592 g/mol. The fourth-order valence-corrected chi connectivity index (χ4v) is 4.68. The number of H-pyrrole nitrogens is 1. The third-order valence-electron chi connectivity index (χ3n) is 6.85. The molecule has 4 aromatic carbocycles. The highest BCUT2D eigenvalue weighted by molar-refractivity contribution is 5.91. The molecule has 1 aliphatic rings. The number of nitrogens with one attached hydrogen (secondary N) is 1. The second-order valence-electron chi connectivity index (χ2n) is 9.87. The first kappa shape index (κ1) is 28.4. The number of esters is 3. The largest absolute Gasteiger partial charge is 0.479 e. The molecule has 1 aliphatic heterocycles. The van der Waals surface area contributed by atoms with Crippen molar-refractivity contribution in [3.63, 3.8) is 0 Å². The van der Waals surface area contributed by atoms with Crippen LogP contribution in [0.4, 0.5) is 4.39 Å². The summed E-state index contributed by atoms with van der Waals surface area (Å²) >= 11 is 0. The lowest BCUT2D eigenvalue weighted by atomic mass is 10.0. The molecular weight excluding hydrogens is 567 g/mol. The third-order valence-corrected chi connectivity index (χ3v) is 6.85. The number of aromatic nitrogens is 2. The van der Waals surface area contributed by atoms with E-state index in [0.717, 1.165) is 0 Å². The number of benzene rings is 4. The summed E-state index contributed by atoms with van der Waals surface area (Å²) in [5.41, 5.74) is 1.71. The van der Waals surface area contributed by atoms with E-state index >= 15 is 0 Å². The van der Waals surface area contributed by atoms with Gasteiger partial charge in [-0.1, -0.05) is 54.6 Å². The molecule has 0 aliphatic carbocycles. The van der Waals surface area contributed by atoms with Crippen molar-refractivity contribution < 1.29 is 37.7 Å². The van der Waals surface area contributed by atoms with E-state index in [1.165, 1.54) is 24.3 Å². The molecule has 0 spiro atoms. The number of nitrogens with zero attached hydrogens (tertiary/aromatic N) is 1. The minimum absolute atomic E-state index is 0.125. The van der Waals surface area contributed by atoms with Crippen LogP contribution in [0.1, 0.15) is 36.9 Å². The maximum atomic E-state index is 13.9. The van der Waals surface area contributed by atoms with Crippen LogP contribution in [0.15, 0.2) is 115 Å². The van der Waals surface area contributed by atoms with E-state index in [0.29, 0.717) is 16.6 Å². The molecule has 2 heterocycles. The van der Waals surface area contributed by atoms with E-state index in [2.05, 4.69) is 9.97 Å². The van der Waals surface area contributed by atoms with Crippen LogP contribution >= 0.6 is 0 Å². The summed E-state index contributed by atoms with van der Waals surface area (Å²) in [6.07, 6.45) is -2.10. The molecule has 0 saturated heterocycles. The Hall–Kier alpha value is -5.77. The predicted octanol–water partition coefficient (Wildman–Crippen LogP) is 5.75. The summed E-state index contributed by atoms with van der Waals surface area (Å²) in [5, 5.41) is 0. The molecule has 0 amide bonds. The highest BCUT2D eigenvalue weighted by Crippen LogP contribution is 2.31. The fraction of sp³-hybridized carbons (Fsp3) is 0.118. The number of carbonyl (C=O) groups is 3. The van der Waals surface area contributed by atoms with E-state index in [4.69, 9.17) is 18.9 Å². The number of hydrogen-bond donors (Lipinski definition) is 1. The highest BCUT2D eigenvalue weighted by atomic mass is 19.1. The molecule has 0 bridgehead atoms. The van der Waals surface area contributed by atoms with Crippen molar-refractivity contribution in [3.8, 4) is 0 Å². The third kappa shape index (κ3) is 6.34. The van der Waals surface area contributed by atoms with Gasteiger partial charge in [0.15, 0.2) is 29.9 Å². The van der Waals surface area contributed by atoms with Crippen molar-refractivity contribution in [1.29, 1.82) is 0 Å². The summed E-state index contributed by atoms with van der Waals surface area (Å²) in [7, 11) is 0. The summed E-state index contributed by atoms with van der Waals surface area (Å²) in [5.74, 6) is -2.13. The van der Waals surface area contributed by atoms with Crippen LogP contribution in [0.3, 0.4) is 0 Å². The Morgan fingerprint density at radius 3 is 1.93 bits per heavy atom. The zero-order chi connectivity index (χ0) is 30.5. The van der Waals surface area contributed by atoms with Crippen molar-refractivity contribution in [3.05, 3.63) is 144 Å². The Labute approximate surface area is 250 Å². The zero-order valence-electron chi connectivity index (χ0n) is 23.1. The summed E-state index contributed by atoms with van der Waals surface area (Å²) in [4.78, 5) is 46.8. The Morgan fingerprint density at radius 2 is 1.32 bits per heavy atom. The van der Waals surface area contributed by atoms with Crippen LogP contribution in [0, 0.1) is 5.82 Å². The van der Waals surface area contributed by atoms with Gasteiger partial charge in [-0.2, -0.15) is 0 Å². The highest BCUT2D eigenvalue weighted by Gasteiger charge is 2.42. The lowest BCUT2D eigenvalue weighted by molar-refractivity contribution is -0.0920. The van der Waals surface area contributed by atoms with Crippen molar-refractivity contribution >= 4 is 34.7 Å². The molecule has 10 heteroatoms. The van der Waals surface area contributed by atoms with Crippen LogP contribution < -0.4 is 0 Å². The van der Waals surface area contributed by atoms with Crippen LogP contribution in [-0.2, 0) is 18.9 Å². The van der Waals surface area contributed by atoms with Gasteiger partial charge in [0.1, 0.15) is 12.4 Å². The first-order chi connectivity index (χ1) is 21.4. The minimum Gasteiger partial charge on any atom is -0.479 e. The molecule has 0 radical (unpaired) electrons. The van der Waals surface area contributed by atoms with Gasteiger partial charge < -0.3 is 23.9 Å². The number of carbonyl (C=O) groups excluding carboxylic acids is 3. The molecule has 1 aromatic heterocycles. The molecule has 6 rings (SSSR count). The molecule has 3 atom stereocenters. The number of imidazole rings is 1. The van der Waals surface area contributed by atoms with E-state index in [-0.39, 0.29) is 29.3 Å². The van der Waals surface area contributed by atoms with Crippen molar-refractivity contribution in [2.24, 2.45) is 0 Å². The molecule has 0 saturated carbocycles. The molecule has 9 nitrogen and oxygen atoms in total. The summed E-state index contributed by atoms with van der Waals surface area (Å²) in [6, 6.07) is 29.0. The molecule has 0 fully saturated rings. The number of halogens is 1. The van der Waals surface area contributed by atoms with Crippen molar-refractivity contribution in [2.75, 3.05) is 6.61 Å². The van der Waals surface area contributed by atoms with Gasteiger partial charge in [-0.15, -0.1) is 0 Å². The van der Waals surface area contributed by atoms with Gasteiger partial charge in [0.05, 0.1) is 27.7 Å². The second-order valence-corrected chi connectivity index (χ2v) is 9.87. The van der Waals surface area contributed by atoms with Crippen LogP contribution in [0.25, 0.3) is 16.8 Å². The maximum absolute atomic E-state index is 13.9. The Bertz CT molecular complexity index is 1820. The first-order valence-electron chi connectivity index (χ1n) is 13.7. The topological polar surface area (TPSA) is 117 Å². The number of hydrogen-bond acceptors (Lipinski definition) is 8. The maximum Gasteiger partial charge on any atom is 0.338 e. The molecule has 220 valence electrons. The molecule has 1 N–H and O–H groups in total. The van der Waals surface area contributed by atoms with Gasteiger partial charge in [0, 0.05) is 6.08 Å². The molecule has 44 heavy (non-hydrogen) atoms. The van der Waals surface area contributed by atoms with Gasteiger partial charge >= 0.3 is 17.9 Å². The zero-order valence-corrected chi connectivity index (χ0v) is 23.1.